The van der Waals surface area contributed by atoms with Crippen molar-refractivity contribution in [1.82, 2.24) is 0 Å². The first-order valence-corrected chi connectivity index (χ1v) is 2.26. The molecule has 7 heavy (non-hydrogen) atoms. The minimum Gasteiger partial charge on any atom is -0.394 e. The lowest BCUT2D eigenvalue weighted by atomic mass is 10.2. The number of hydrogen-bond donors (Lipinski definition) is 2. The molecule has 0 saturated heterocycles. The quantitative estimate of drug-likeness (QED) is 0.538. The summed E-state index contributed by atoms with van der Waals surface area (Å²) in [4.78, 5) is 0. The fraction of sp³-hybridized carbons (Fsp3) is 1.00. The van der Waals surface area contributed by atoms with Crippen molar-refractivity contribution in [2.24, 2.45) is 0 Å². The molecule has 44 valence electrons. The average molecular weight is 107 g/mol. The summed E-state index contributed by atoms with van der Waals surface area (Å²) < 4.78 is 20.2. The Kier molecular flexibility index (Phi) is 1.78. The first kappa shape index (κ1) is 3.05. The van der Waals surface area contributed by atoms with E-state index in [4.69, 9.17) is 14.3 Å². The van der Waals surface area contributed by atoms with Crippen molar-refractivity contribution in [3.05, 3.63) is 0 Å². The third-order valence-electron chi connectivity index (χ3n) is 0.616. The summed E-state index contributed by atoms with van der Waals surface area (Å²) in [7, 11) is 0. The topological polar surface area (TPSA) is 40.5 Å². The molecule has 0 aliphatic carbocycles. The van der Waals surface area contributed by atoms with E-state index in [1.807, 2.05) is 0 Å². The molecule has 0 aliphatic rings. The zero-order chi connectivity index (χ0) is 8.41. The molecule has 0 rings (SSSR count). The summed E-state index contributed by atoms with van der Waals surface area (Å²) in [6, 6.07) is 0. The molecule has 0 aliphatic heterocycles. The van der Waals surface area contributed by atoms with Crippen LogP contribution in [0.25, 0.3) is 0 Å². The van der Waals surface area contributed by atoms with Gasteiger partial charge in [-0.1, -0.05) is 13.3 Å². The molecule has 0 saturated carbocycles. The summed E-state index contributed by atoms with van der Waals surface area (Å²) in [6.07, 6.45) is -1.99. The summed E-state index contributed by atoms with van der Waals surface area (Å²) in [5.74, 6) is 0. The van der Waals surface area contributed by atoms with E-state index in [1.165, 1.54) is 0 Å². The highest BCUT2D eigenvalue weighted by atomic mass is 16.3. The van der Waals surface area contributed by atoms with Crippen LogP contribution in [0, 0.1) is 0 Å². The normalized spacial score (nSPS) is 27.0. The molecule has 0 bridgehead atoms. The zero-order valence-corrected chi connectivity index (χ0v) is 4.31. The Morgan fingerprint density at radius 2 is 2.57 bits per heavy atom. The van der Waals surface area contributed by atoms with Crippen molar-refractivity contribution >= 4 is 0 Å². The fourth-order valence-electron chi connectivity index (χ4n) is 0.293. The zero-order valence-electron chi connectivity index (χ0n) is 7.31. The van der Waals surface area contributed by atoms with Crippen molar-refractivity contribution < 1.29 is 14.3 Å². The predicted octanol–water partition coefficient (Wildman–Crippen LogP) is 0.140. The third-order valence-corrected chi connectivity index (χ3v) is 0.616. The van der Waals surface area contributed by atoms with E-state index in [2.05, 4.69) is 0 Å². The number of rotatable bonds is 3. The van der Waals surface area contributed by atoms with E-state index in [-0.39, 0.29) is 6.42 Å². The molecule has 2 nitrogen and oxygen atoms in total. The van der Waals surface area contributed by atoms with E-state index in [0.29, 0.717) is 6.42 Å². The molecule has 1 unspecified atom stereocenters. The second-order valence-corrected chi connectivity index (χ2v) is 1.31. The standard InChI is InChI=1S/C5H12O2/c1-2-3-5(7)4-6/h5-7H,2-4H2,1H3/i4D2,5D. The molecule has 0 aromatic carbocycles. The number of aliphatic hydroxyl groups is 2. The highest BCUT2D eigenvalue weighted by Gasteiger charge is 1.95. The van der Waals surface area contributed by atoms with Crippen LogP contribution in [0.4, 0.5) is 0 Å². The van der Waals surface area contributed by atoms with E-state index < -0.39 is 12.6 Å². The van der Waals surface area contributed by atoms with Crippen LogP contribution in [0.15, 0.2) is 0 Å². The minimum absolute atomic E-state index is 0.0729. The SMILES string of the molecule is [2H]C([2H])(O)C([2H])(O)CCC. The lowest BCUT2D eigenvalue weighted by Crippen LogP contribution is -2.10. The van der Waals surface area contributed by atoms with Crippen LogP contribution in [0.3, 0.4) is 0 Å². The molecule has 0 heterocycles. The molecule has 0 radical (unpaired) electrons. The maximum Gasteiger partial charge on any atom is 0.0770 e. The van der Waals surface area contributed by atoms with Crippen LogP contribution in [0.2, 0.25) is 0 Å². The Hall–Kier alpha value is -0.0800. The number of hydrogen-bond acceptors (Lipinski definition) is 2. The van der Waals surface area contributed by atoms with Crippen LogP contribution in [0.1, 0.15) is 23.9 Å². The highest BCUT2D eigenvalue weighted by Crippen LogP contribution is 1.92. The van der Waals surface area contributed by atoms with Crippen molar-refractivity contribution in [2.75, 3.05) is 6.56 Å². The largest absolute Gasteiger partial charge is 0.394 e. The molecule has 2 heteroatoms. The van der Waals surface area contributed by atoms with Crippen LogP contribution in [0.5, 0.6) is 0 Å². The van der Waals surface area contributed by atoms with Gasteiger partial charge < -0.3 is 10.2 Å². The molecule has 2 N–H and O–H groups in total. The van der Waals surface area contributed by atoms with Crippen molar-refractivity contribution in [3.63, 3.8) is 0 Å². The van der Waals surface area contributed by atoms with Gasteiger partial charge in [0.2, 0.25) is 0 Å². The molecule has 0 fully saturated rings. The molecule has 0 aromatic rings. The monoisotopic (exact) mass is 107 g/mol. The predicted molar refractivity (Wildman–Crippen MR) is 28.0 cm³/mol. The first-order chi connectivity index (χ1) is 4.31. The Morgan fingerprint density at radius 1 is 2.00 bits per heavy atom. The lowest BCUT2D eigenvalue weighted by Gasteiger charge is -2.01. The molecular formula is C5H12O2. The van der Waals surface area contributed by atoms with Crippen LogP contribution < -0.4 is 0 Å². The Bertz CT molecular complexity index is 108. The van der Waals surface area contributed by atoms with E-state index in [0.717, 1.165) is 0 Å². The highest BCUT2D eigenvalue weighted by molar-refractivity contribution is 4.48. The average Bonchev–Trinajstić information content (AvgIpc) is 1.61. The Balaban J connectivity index is 4.10. The lowest BCUT2D eigenvalue weighted by molar-refractivity contribution is 0.0877. The Labute approximate surface area is 48.0 Å². The summed E-state index contributed by atoms with van der Waals surface area (Å²) in [6.45, 7) is -1.13. The minimum atomic E-state index is -2.83. The maximum absolute atomic E-state index is 8.89. The van der Waals surface area contributed by atoms with Crippen molar-refractivity contribution in [2.45, 2.75) is 25.8 Å². The second-order valence-electron chi connectivity index (χ2n) is 1.31. The van der Waals surface area contributed by atoms with E-state index in [1.54, 1.807) is 6.92 Å². The summed E-state index contributed by atoms with van der Waals surface area (Å²) in [5.41, 5.74) is 0. The van der Waals surface area contributed by atoms with Gasteiger partial charge in [-0.3, -0.25) is 0 Å². The Morgan fingerprint density at radius 3 is 2.71 bits per heavy atom. The van der Waals surface area contributed by atoms with Crippen molar-refractivity contribution in [1.29, 1.82) is 0 Å². The molecular weight excluding hydrogens is 92.1 g/mol. The maximum atomic E-state index is 8.89. The second kappa shape index (κ2) is 4.09. The van der Waals surface area contributed by atoms with Crippen LogP contribution in [-0.4, -0.2) is 22.9 Å². The summed E-state index contributed by atoms with van der Waals surface area (Å²) in [5, 5.41) is 17.5. The smallest absolute Gasteiger partial charge is 0.0770 e. The van der Waals surface area contributed by atoms with Gasteiger partial charge in [-0.2, -0.15) is 0 Å². The van der Waals surface area contributed by atoms with E-state index >= 15 is 0 Å². The van der Waals surface area contributed by atoms with Gasteiger partial charge in [-0.15, -0.1) is 0 Å². The fourth-order valence-corrected chi connectivity index (χ4v) is 0.293. The van der Waals surface area contributed by atoms with Crippen LogP contribution >= 0.6 is 0 Å². The van der Waals surface area contributed by atoms with E-state index in [9.17, 15) is 0 Å². The van der Waals surface area contributed by atoms with Crippen LogP contribution in [-0.2, 0) is 0 Å². The summed E-state index contributed by atoms with van der Waals surface area (Å²) >= 11 is 0. The van der Waals surface area contributed by atoms with Gasteiger partial charge in [0.1, 0.15) is 0 Å². The van der Waals surface area contributed by atoms with Gasteiger partial charge in [-0.05, 0) is 6.42 Å². The molecule has 0 spiro atoms. The van der Waals surface area contributed by atoms with Gasteiger partial charge in [0.05, 0.1) is 16.8 Å². The molecule has 0 aromatic heterocycles. The molecule has 0 amide bonds. The third kappa shape index (κ3) is 3.76. The first-order valence-electron chi connectivity index (χ1n) is 3.76. The van der Waals surface area contributed by atoms with Gasteiger partial charge in [0.25, 0.3) is 0 Å². The van der Waals surface area contributed by atoms with Gasteiger partial charge in [0.15, 0.2) is 0 Å². The van der Waals surface area contributed by atoms with Gasteiger partial charge in [0, 0.05) is 0 Å². The molecule has 1 atom stereocenters. The van der Waals surface area contributed by atoms with Crippen molar-refractivity contribution in [3.8, 4) is 0 Å². The van der Waals surface area contributed by atoms with Gasteiger partial charge in [-0.25, -0.2) is 0 Å². The van der Waals surface area contributed by atoms with Gasteiger partial charge >= 0.3 is 0 Å².